The van der Waals surface area contributed by atoms with E-state index in [4.69, 9.17) is 0 Å². The number of amides is 3. The van der Waals surface area contributed by atoms with Crippen molar-refractivity contribution in [2.45, 2.75) is 51.6 Å². The molecule has 1 saturated carbocycles. The largest absolute Gasteiger partial charge is 0.335 e. The topological polar surface area (TPSA) is 101 Å². The van der Waals surface area contributed by atoms with E-state index in [9.17, 15) is 24.5 Å². The molecule has 1 fully saturated rings. The van der Waals surface area contributed by atoms with Gasteiger partial charge in [-0.2, -0.15) is 0 Å². The van der Waals surface area contributed by atoms with Gasteiger partial charge in [-0.05, 0) is 31.7 Å². The van der Waals surface area contributed by atoms with Crippen molar-refractivity contribution in [3.63, 3.8) is 0 Å². The summed E-state index contributed by atoms with van der Waals surface area (Å²) in [6, 6.07) is 4.17. The van der Waals surface area contributed by atoms with Gasteiger partial charge in [0.25, 0.3) is 17.5 Å². The second-order valence-corrected chi connectivity index (χ2v) is 6.66. The first-order valence-electron chi connectivity index (χ1n) is 8.85. The summed E-state index contributed by atoms with van der Waals surface area (Å²) < 4.78 is 0. The van der Waals surface area contributed by atoms with E-state index in [-0.39, 0.29) is 35.7 Å². The highest BCUT2D eigenvalue weighted by molar-refractivity contribution is 6.24. The van der Waals surface area contributed by atoms with Crippen LogP contribution in [0.3, 0.4) is 0 Å². The lowest BCUT2D eigenvalue weighted by molar-refractivity contribution is -0.385. The van der Waals surface area contributed by atoms with E-state index >= 15 is 0 Å². The Morgan fingerprint density at radius 2 is 1.92 bits per heavy atom. The van der Waals surface area contributed by atoms with Gasteiger partial charge >= 0.3 is 0 Å². The molecule has 2 aliphatic rings. The molecular formula is C18H21N3O5. The third kappa shape index (κ3) is 2.95. The van der Waals surface area contributed by atoms with Crippen LogP contribution in [0.5, 0.6) is 0 Å². The Kier molecular flexibility index (Phi) is 4.76. The average Bonchev–Trinajstić information content (AvgIpc) is 3.43. The summed E-state index contributed by atoms with van der Waals surface area (Å²) >= 11 is 0. The number of hydrogen-bond acceptors (Lipinski definition) is 5. The number of nitrogens with zero attached hydrogens (tertiary/aromatic N) is 3. The molecule has 1 heterocycles. The van der Waals surface area contributed by atoms with E-state index in [1.54, 1.807) is 4.90 Å². The van der Waals surface area contributed by atoms with Gasteiger partial charge in [0.15, 0.2) is 0 Å². The normalized spacial score (nSPS) is 16.2. The van der Waals surface area contributed by atoms with Crippen molar-refractivity contribution in [2.24, 2.45) is 0 Å². The van der Waals surface area contributed by atoms with Crippen LogP contribution in [0.1, 0.15) is 60.2 Å². The number of rotatable bonds is 7. The van der Waals surface area contributed by atoms with Gasteiger partial charge in [0, 0.05) is 18.2 Å². The number of imide groups is 1. The number of fused-ring (bicyclic) bond motifs is 1. The second-order valence-electron chi connectivity index (χ2n) is 6.66. The third-order valence-electron chi connectivity index (χ3n) is 5.03. The molecule has 26 heavy (non-hydrogen) atoms. The molecule has 0 aromatic heterocycles. The number of carbonyl (C=O) groups excluding carboxylic acids is 3. The Morgan fingerprint density at radius 3 is 2.46 bits per heavy atom. The van der Waals surface area contributed by atoms with E-state index in [2.05, 4.69) is 0 Å². The van der Waals surface area contributed by atoms with Crippen molar-refractivity contribution in [3.05, 3.63) is 39.4 Å². The predicted molar refractivity (Wildman–Crippen MR) is 92.7 cm³/mol. The summed E-state index contributed by atoms with van der Waals surface area (Å²) in [6.45, 7) is 3.63. The zero-order valence-corrected chi connectivity index (χ0v) is 14.8. The molecule has 3 rings (SSSR count). The van der Waals surface area contributed by atoms with E-state index in [0.29, 0.717) is 0 Å². The zero-order valence-electron chi connectivity index (χ0n) is 14.8. The van der Waals surface area contributed by atoms with Crippen molar-refractivity contribution in [1.82, 2.24) is 9.80 Å². The number of hydrogen-bond donors (Lipinski definition) is 0. The molecule has 1 aliphatic heterocycles. The lowest BCUT2D eigenvalue weighted by atomic mass is 10.1. The lowest BCUT2D eigenvalue weighted by Crippen LogP contribution is -2.47. The van der Waals surface area contributed by atoms with Crippen molar-refractivity contribution in [2.75, 3.05) is 6.54 Å². The maximum absolute atomic E-state index is 12.8. The molecule has 0 bridgehead atoms. The molecule has 138 valence electrons. The highest BCUT2D eigenvalue weighted by atomic mass is 16.6. The minimum atomic E-state index is -0.772. The molecule has 8 nitrogen and oxygen atoms in total. The van der Waals surface area contributed by atoms with Crippen molar-refractivity contribution in [1.29, 1.82) is 0 Å². The van der Waals surface area contributed by atoms with E-state index in [1.807, 2.05) is 13.8 Å². The summed E-state index contributed by atoms with van der Waals surface area (Å²) in [5, 5.41) is 11.2. The van der Waals surface area contributed by atoms with Gasteiger partial charge in [0.05, 0.1) is 10.5 Å². The molecule has 0 atom stereocenters. The van der Waals surface area contributed by atoms with Gasteiger partial charge in [-0.25, -0.2) is 0 Å². The molecule has 8 heteroatoms. The molecule has 3 amide bonds. The second kappa shape index (κ2) is 6.86. The van der Waals surface area contributed by atoms with Crippen LogP contribution in [0.25, 0.3) is 0 Å². The smallest absolute Gasteiger partial charge is 0.282 e. The van der Waals surface area contributed by atoms with Gasteiger partial charge in [-0.1, -0.05) is 19.9 Å². The fourth-order valence-electron chi connectivity index (χ4n) is 3.57. The van der Waals surface area contributed by atoms with Gasteiger partial charge in [0.1, 0.15) is 12.1 Å². The minimum absolute atomic E-state index is 0.0162. The molecule has 1 aromatic carbocycles. The van der Waals surface area contributed by atoms with Crippen molar-refractivity contribution < 1.29 is 19.3 Å². The number of nitro groups is 1. The van der Waals surface area contributed by atoms with Crippen LogP contribution < -0.4 is 0 Å². The first-order valence-corrected chi connectivity index (χ1v) is 8.85. The maximum Gasteiger partial charge on any atom is 0.282 e. The summed E-state index contributed by atoms with van der Waals surface area (Å²) in [5.41, 5.74) is -0.650. The number of carbonyl (C=O) groups is 3. The van der Waals surface area contributed by atoms with E-state index in [1.165, 1.54) is 18.2 Å². The van der Waals surface area contributed by atoms with Crippen LogP contribution in [-0.2, 0) is 4.79 Å². The van der Waals surface area contributed by atoms with Crippen LogP contribution in [0.4, 0.5) is 5.69 Å². The standard InChI is InChI=1S/C18H21N3O5/c1-3-11(4-2)20(12-8-9-12)15(22)10-19-17(23)13-6-5-7-14(21(25)26)16(13)18(19)24/h5-7,11-12H,3-4,8-10H2,1-2H3. The lowest BCUT2D eigenvalue weighted by Gasteiger charge is -2.32. The Balaban J connectivity index is 1.86. The fourth-order valence-corrected chi connectivity index (χ4v) is 3.57. The molecule has 1 aromatic rings. The maximum atomic E-state index is 12.8. The molecule has 0 radical (unpaired) electrons. The van der Waals surface area contributed by atoms with Crippen molar-refractivity contribution >= 4 is 23.4 Å². The average molecular weight is 359 g/mol. The highest BCUT2D eigenvalue weighted by Crippen LogP contribution is 2.33. The van der Waals surface area contributed by atoms with Crippen LogP contribution in [0, 0.1) is 10.1 Å². The number of nitro benzene ring substituents is 1. The quantitative estimate of drug-likeness (QED) is 0.423. The summed E-state index contributed by atoms with van der Waals surface area (Å²) in [7, 11) is 0. The summed E-state index contributed by atoms with van der Waals surface area (Å²) in [4.78, 5) is 51.1. The van der Waals surface area contributed by atoms with Gasteiger partial charge < -0.3 is 4.90 Å². The van der Waals surface area contributed by atoms with Crippen LogP contribution >= 0.6 is 0 Å². The first-order chi connectivity index (χ1) is 12.4. The van der Waals surface area contributed by atoms with Gasteiger partial charge in [-0.15, -0.1) is 0 Å². The molecule has 0 spiro atoms. The van der Waals surface area contributed by atoms with Crippen LogP contribution in [0.15, 0.2) is 18.2 Å². The molecule has 0 saturated heterocycles. The van der Waals surface area contributed by atoms with Crippen LogP contribution in [0.2, 0.25) is 0 Å². The van der Waals surface area contributed by atoms with Crippen molar-refractivity contribution in [3.8, 4) is 0 Å². The fraction of sp³-hybridized carbons (Fsp3) is 0.500. The first kappa shape index (κ1) is 18.0. The zero-order chi connectivity index (χ0) is 19.0. The molecule has 0 N–H and O–H groups in total. The Morgan fingerprint density at radius 1 is 1.27 bits per heavy atom. The highest BCUT2D eigenvalue weighted by Gasteiger charge is 2.44. The third-order valence-corrected chi connectivity index (χ3v) is 5.03. The summed E-state index contributed by atoms with van der Waals surface area (Å²) in [6.07, 6.45) is 3.45. The Hall–Kier alpha value is -2.77. The Bertz CT molecular complexity index is 783. The van der Waals surface area contributed by atoms with Gasteiger partial charge in [0.2, 0.25) is 5.91 Å². The molecule has 0 unspecified atom stereocenters. The van der Waals surface area contributed by atoms with Crippen LogP contribution in [-0.4, -0.2) is 51.1 Å². The Labute approximate surface area is 150 Å². The van der Waals surface area contributed by atoms with E-state index < -0.39 is 22.4 Å². The van der Waals surface area contributed by atoms with E-state index in [0.717, 1.165) is 30.6 Å². The minimum Gasteiger partial charge on any atom is -0.335 e. The molecule has 1 aliphatic carbocycles. The summed E-state index contributed by atoms with van der Waals surface area (Å²) in [5.74, 6) is -1.70. The predicted octanol–water partition coefficient (Wildman–Crippen LogP) is 2.37. The SMILES string of the molecule is CCC(CC)N(C(=O)CN1C(=O)c2cccc([N+](=O)[O-])c2C1=O)C1CC1. The van der Waals surface area contributed by atoms with Gasteiger partial charge in [-0.3, -0.25) is 29.4 Å². The monoisotopic (exact) mass is 359 g/mol. The number of benzene rings is 1. The molecular weight excluding hydrogens is 338 g/mol.